The minimum absolute atomic E-state index is 0.0346. The molecule has 0 spiro atoms. The molecule has 1 N–H and O–H groups in total. The Morgan fingerprint density at radius 3 is 2.32 bits per heavy atom. The summed E-state index contributed by atoms with van der Waals surface area (Å²) in [5, 5.41) is 3.69. The predicted octanol–water partition coefficient (Wildman–Crippen LogP) is 3.42. The van der Waals surface area contributed by atoms with Crippen LogP contribution in [0.3, 0.4) is 0 Å². The molecule has 0 saturated heterocycles. The van der Waals surface area contributed by atoms with Crippen LogP contribution in [0.5, 0.6) is 0 Å². The lowest BCUT2D eigenvalue weighted by molar-refractivity contribution is -0.151. The summed E-state index contributed by atoms with van der Waals surface area (Å²) >= 11 is 0. The van der Waals surface area contributed by atoms with E-state index in [-0.39, 0.29) is 11.5 Å². The van der Waals surface area contributed by atoms with Crippen molar-refractivity contribution in [3.05, 3.63) is 0 Å². The van der Waals surface area contributed by atoms with E-state index >= 15 is 0 Å². The quantitative estimate of drug-likeness (QED) is 0.793. The molecule has 3 nitrogen and oxygen atoms in total. The molecule has 0 heterocycles. The van der Waals surface area contributed by atoms with Crippen LogP contribution in [-0.4, -0.2) is 24.7 Å². The van der Waals surface area contributed by atoms with Gasteiger partial charge in [0.1, 0.15) is 5.54 Å². The van der Waals surface area contributed by atoms with Crippen LogP contribution >= 0.6 is 0 Å². The third kappa shape index (κ3) is 3.50. The maximum Gasteiger partial charge on any atom is 0.326 e. The molecular weight excluding hydrogens is 238 g/mol. The average Bonchev–Trinajstić information content (AvgIpc) is 2.48. The van der Waals surface area contributed by atoms with Gasteiger partial charge in [-0.1, -0.05) is 32.6 Å². The number of rotatable bonds is 4. The van der Waals surface area contributed by atoms with Crippen LogP contribution < -0.4 is 5.32 Å². The summed E-state index contributed by atoms with van der Waals surface area (Å²) in [5.41, 5.74) is -0.386. The maximum absolute atomic E-state index is 12.3. The first-order valence-corrected chi connectivity index (χ1v) is 8.06. The van der Waals surface area contributed by atoms with Gasteiger partial charge in [-0.3, -0.25) is 10.1 Å². The highest BCUT2D eigenvalue weighted by molar-refractivity contribution is 5.81. The van der Waals surface area contributed by atoms with Gasteiger partial charge in [-0.05, 0) is 44.4 Å². The van der Waals surface area contributed by atoms with Crippen LogP contribution in [0.4, 0.5) is 0 Å². The fourth-order valence-corrected chi connectivity index (χ4v) is 3.82. The highest BCUT2D eigenvalue weighted by atomic mass is 16.5. The summed E-state index contributed by atoms with van der Waals surface area (Å²) in [6.07, 6.45) is 11.8. The smallest absolute Gasteiger partial charge is 0.326 e. The molecule has 0 atom stereocenters. The summed E-state index contributed by atoms with van der Waals surface area (Å²) in [4.78, 5) is 12.3. The molecule has 110 valence electrons. The van der Waals surface area contributed by atoms with E-state index in [2.05, 4.69) is 12.2 Å². The zero-order valence-corrected chi connectivity index (χ0v) is 12.5. The standard InChI is InChI=1S/C16H29NO2/c1-3-13-9-11-16(12-10-13,15(18)19-2)17-14-7-5-4-6-8-14/h13-14,17H,3-12H2,1-2H3. The van der Waals surface area contributed by atoms with E-state index in [4.69, 9.17) is 4.74 Å². The van der Waals surface area contributed by atoms with Crippen LogP contribution in [0.1, 0.15) is 71.1 Å². The molecular formula is C16H29NO2. The van der Waals surface area contributed by atoms with Gasteiger partial charge in [-0.25, -0.2) is 0 Å². The van der Waals surface area contributed by atoms with Crippen LogP contribution in [0.15, 0.2) is 0 Å². The Hall–Kier alpha value is -0.570. The number of carbonyl (C=O) groups excluding carboxylic acids is 1. The van der Waals surface area contributed by atoms with E-state index in [0.29, 0.717) is 6.04 Å². The second-order valence-corrected chi connectivity index (χ2v) is 6.40. The highest BCUT2D eigenvalue weighted by Crippen LogP contribution is 2.36. The number of esters is 1. The lowest BCUT2D eigenvalue weighted by atomic mass is 9.74. The lowest BCUT2D eigenvalue weighted by Crippen LogP contribution is -2.58. The second kappa shape index (κ2) is 6.74. The van der Waals surface area contributed by atoms with Crippen molar-refractivity contribution in [2.24, 2.45) is 5.92 Å². The largest absolute Gasteiger partial charge is 0.468 e. The van der Waals surface area contributed by atoms with Crippen molar-refractivity contribution in [1.82, 2.24) is 5.32 Å². The minimum Gasteiger partial charge on any atom is -0.468 e. The number of methoxy groups -OCH3 is 1. The summed E-state index contributed by atoms with van der Waals surface area (Å²) in [6.45, 7) is 2.25. The molecule has 0 bridgehead atoms. The molecule has 2 aliphatic rings. The molecule has 0 unspecified atom stereocenters. The zero-order valence-electron chi connectivity index (χ0n) is 12.5. The zero-order chi connectivity index (χ0) is 13.7. The molecule has 0 aromatic heterocycles. The number of ether oxygens (including phenoxy) is 1. The van der Waals surface area contributed by atoms with Gasteiger partial charge in [0, 0.05) is 6.04 Å². The monoisotopic (exact) mass is 267 g/mol. The van der Waals surface area contributed by atoms with E-state index < -0.39 is 0 Å². The summed E-state index contributed by atoms with van der Waals surface area (Å²) in [7, 11) is 1.53. The first-order valence-electron chi connectivity index (χ1n) is 8.06. The first-order chi connectivity index (χ1) is 9.20. The molecule has 0 amide bonds. The van der Waals surface area contributed by atoms with Gasteiger partial charge >= 0.3 is 5.97 Å². The van der Waals surface area contributed by atoms with Crippen molar-refractivity contribution in [2.45, 2.75) is 82.7 Å². The van der Waals surface area contributed by atoms with E-state index in [9.17, 15) is 4.79 Å². The molecule has 0 radical (unpaired) electrons. The Morgan fingerprint density at radius 1 is 1.16 bits per heavy atom. The molecule has 2 aliphatic carbocycles. The fourth-order valence-electron chi connectivity index (χ4n) is 3.82. The SMILES string of the molecule is CCC1CCC(NC2CCCCC2)(C(=O)OC)CC1. The van der Waals surface area contributed by atoms with E-state index in [0.717, 1.165) is 31.6 Å². The van der Waals surface area contributed by atoms with Crippen molar-refractivity contribution in [3.63, 3.8) is 0 Å². The van der Waals surface area contributed by atoms with Crippen LogP contribution in [-0.2, 0) is 9.53 Å². The van der Waals surface area contributed by atoms with Crippen molar-refractivity contribution < 1.29 is 9.53 Å². The predicted molar refractivity (Wildman–Crippen MR) is 77.0 cm³/mol. The number of hydrogen-bond donors (Lipinski definition) is 1. The van der Waals surface area contributed by atoms with Crippen molar-refractivity contribution in [1.29, 1.82) is 0 Å². The van der Waals surface area contributed by atoms with E-state index in [1.807, 2.05) is 0 Å². The minimum atomic E-state index is -0.386. The van der Waals surface area contributed by atoms with Gasteiger partial charge in [0.15, 0.2) is 0 Å². The van der Waals surface area contributed by atoms with Gasteiger partial charge in [-0.2, -0.15) is 0 Å². The highest BCUT2D eigenvalue weighted by Gasteiger charge is 2.43. The average molecular weight is 267 g/mol. The van der Waals surface area contributed by atoms with Gasteiger partial charge in [0.05, 0.1) is 7.11 Å². The molecule has 2 saturated carbocycles. The Labute approximate surface area is 117 Å². The molecule has 19 heavy (non-hydrogen) atoms. The normalized spacial score (nSPS) is 33.1. The molecule has 2 rings (SSSR count). The second-order valence-electron chi connectivity index (χ2n) is 6.40. The Balaban J connectivity index is 2.00. The fraction of sp³-hybridized carbons (Fsp3) is 0.938. The summed E-state index contributed by atoms with van der Waals surface area (Å²) in [6, 6.07) is 0.519. The summed E-state index contributed by atoms with van der Waals surface area (Å²) in [5.74, 6) is 0.763. The van der Waals surface area contributed by atoms with Crippen LogP contribution in [0.25, 0.3) is 0 Å². The third-order valence-electron chi connectivity index (χ3n) is 5.20. The van der Waals surface area contributed by atoms with Crippen molar-refractivity contribution in [2.75, 3.05) is 7.11 Å². The number of nitrogens with one attached hydrogen (secondary N) is 1. The van der Waals surface area contributed by atoms with Crippen molar-refractivity contribution >= 4 is 5.97 Å². The Kier molecular flexibility index (Phi) is 5.26. The molecule has 2 fully saturated rings. The van der Waals surface area contributed by atoms with Crippen LogP contribution in [0, 0.1) is 5.92 Å². The molecule has 3 heteroatoms. The van der Waals surface area contributed by atoms with E-state index in [1.54, 1.807) is 0 Å². The van der Waals surface area contributed by atoms with Gasteiger partial charge < -0.3 is 4.74 Å². The molecule has 0 aromatic rings. The van der Waals surface area contributed by atoms with Crippen LogP contribution in [0.2, 0.25) is 0 Å². The van der Waals surface area contributed by atoms with Gasteiger partial charge in [-0.15, -0.1) is 0 Å². The Bertz CT molecular complexity index is 289. The molecule has 0 aromatic carbocycles. The van der Waals surface area contributed by atoms with Gasteiger partial charge in [0.2, 0.25) is 0 Å². The van der Waals surface area contributed by atoms with Crippen molar-refractivity contribution in [3.8, 4) is 0 Å². The summed E-state index contributed by atoms with van der Waals surface area (Å²) < 4.78 is 5.10. The topological polar surface area (TPSA) is 38.3 Å². The number of hydrogen-bond acceptors (Lipinski definition) is 3. The first kappa shape index (κ1) is 14.8. The lowest BCUT2D eigenvalue weighted by Gasteiger charge is -2.41. The van der Waals surface area contributed by atoms with E-state index in [1.165, 1.54) is 45.6 Å². The number of carbonyl (C=O) groups is 1. The molecule has 0 aliphatic heterocycles. The third-order valence-corrected chi connectivity index (χ3v) is 5.20. The maximum atomic E-state index is 12.3. The Morgan fingerprint density at radius 2 is 1.79 bits per heavy atom. The van der Waals surface area contributed by atoms with Gasteiger partial charge in [0.25, 0.3) is 0 Å².